The third kappa shape index (κ3) is 5.46. The molecule has 0 radical (unpaired) electrons. The molecule has 4 N–H and O–H groups in total. The first-order chi connectivity index (χ1) is 20.3. The lowest BCUT2D eigenvalue weighted by molar-refractivity contribution is -0.0956. The van der Waals surface area contributed by atoms with Crippen LogP contribution in [0.2, 0.25) is 0 Å². The van der Waals surface area contributed by atoms with E-state index < -0.39 is 29.6 Å². The quantitative estimate of drug-likeness (QED) is 0.284. The first-order valence-corrected chi connectivity index (χ1v) is 13.6. The number of nitrogens with zero attached hydrogens (tertiary/aromatic N) is 3. The molecule has 222 valence electrons. The molecule has 0 spiro atoms. The van der Waals surface area contributed by atoms with E-state index in [0.29, 0.717) is 29.4 Å². The van der Waals surface area contributed by atoms with E-state index in [1.54, 1.807) is 19.2 Å². The smallest absolute Gasteiger partial charge is 0.312 e. The SMILES string of the molecule is COc1cc(OCCN(C)C)cc2c1[C@]1(O)C(O)C(c3nnc(N)o3)[C@@H](c3ccccc3)C1O2.COc1ccccc1. The summed E-state index contributed by atoms with van der Waals surface area (Å²) in [4.78, 5) is 2.01. The summed E-state index contributed by atoms with van der Waals surface area (Å²) in [6.07, 6.45) is -2.18. The Balaban J connectivity index is 0.000000382. The summed E-state index contributed by atoms with van der Waals surface area (Å²) < 4.78 is 28.3. The highest BCUT2D eigenvalue weighted by atomic mass is 16.5. The second-order valence-corrected chi connectivity index (χ2v) is 10.4. The van der Waals surface area contributed by atoms with Gasteiger partial charge < -0.3 is 44.2 Å². The minimum absolute atomic E-state index is 0.114. The number of fused-ring (bicyclic) bond motifs is 3. The Kier molecular flexibility index (Phi) is 8.53. The van der Waals surface area contributed by atoms with Crippen molar-refractivity contribution < 1.29 is 33.6 Å². The van der Waals surface area contributed by atoms with Gasteiger partial charge in [0, 0.05) is 24.6 Å². The summed E-state index contributed by atoms with van der Waals surface area (Å²) in [5, 5.41) is 31.4. The van der Waals surface area contributed by atoms with Crippen molar-refractivity contribution in [1.82, 2.24) is 15.1 Å². The lowest BCUT2D eigenvalue weighted by Gasteiger charge is -2.27. The van der Waals surface area contributed by atoms with Crippen molar-refractivity contribution in [2.45, 2.75) is 29.6 Å². The van der Waals surface area contributed by atoms with Crippen molar-refractivity contribution in [3.8, 4) is 23.0 Å². The number of para-hydroxylation sites is 1. The van der Waals surface area contributed by atoms with Gasteiger partial charge in [-0.1, -0.05) is 53.6 Å². The van der Waals surface area contributed by atoms with Crippen molar-refractivity contribution in [1.29, 1.82) is 0 Å². The highest BCUT2D eigenvalue weighted by molar-refractivity contribution is 5.59. The van der Waals surface area contributed by atoms with Gasteiger partial charge in [-0.25, -0.2) is 0 Å². The molecule has 1 saturated carbocycles. The molecule has 3 aromatic carbocycles. The van der Waals surface area contributed by atoms with E-state index in [4.69, 9.17) is 29.1 Å². The van der Waals surface area contributed by atoms with Gasteiger partial charge in [-0.3, -0.25) is 0 Å². The summed E-state index contributed by atoms with van der Waals surface area (Å²) in [5.41, 5.74) is 5.09. The molecule has 5 atom stereocenters. The average molecular weight is 577 g/mol. The number of nitrogens with two attached hydrogens (primary N) is 1. The highest BCUT2D eigenvalue weighted by Crippen LogP contribution is 2.62. The van der Waals surface area contributed by atoms with E-state index in [-0.39, 0.29) is 11.9 Å². The standard InChI is InChI=1S/C24H28N4O6.C7H8O/c1-28(2)9-10-32-14-11-15(31-3)19-16(12-14)33-21-17(13-7-5-4-6-8-13)18(20(29)24(19,21)30)22-26-27-23(25)34-22;1-8-7-5-3-2-4-6-7/h4-8,11-12,17-18,20-21,29-30H,9-10H2,1-3H3,(H2,25,27);2-6H,1H3/t17-,18?,20?,21?,24+;/m1./s1. The molecule has 1 aromatic heterocycles. The van der Waals surface area contributed by atoms with Crippen molar-refractivity contribution in [2.24, 2.45) is 0 Å². The fourth-order valence-electron chi connectivity index (χ4n) is 5.62. The number of rotatable bonds is 8. The van der Waals surface area contributed by atoms with E-state index in [0.717, 1.165) is 17.9 Å². The molecular weight excluding hydrogens is 540 g/mol. The molecule has 0 bridgehead atoms. The van der Waals surface area contributed by atoms with Gasteiger partial charge in [0.15, 0.2) is 5.60 Å². The van der Waals surface area contributed by atoms with Crippen molar-refractivity contribution in [2.75, 3.05) is 47.2 Å². The molecule has 11 heteroatoms. The van der Waals surface area contributed by atoms with Crippen LogP contribution in [0.1, 0.15) is 28.9 Å². The summed E-state index contributed by atoms with van der Waals surface area (Å²) in [7, 11) is 7.09. The zero-order chi connectivity index (χ0) is 29.9. The predicted octanol–water partition coefficient (Wildman–Crippen LogP) is 3.19. The molecule has 4 aromatic rings. The van der Waals surface area contributed by atoms with Gasteiger partial charge in [-0.05, 0) is 31.8 Å². The van der Waals surface area contributed by atoms with Gasteiger partial charge >= 0.3 is 6.01 Å². The number of hydrogen-bond acceptors (Lipinski definition) is 11. The van der Waals surface area contributed by atoms with Gasteiger partial charge in [-0.2, -0.15) is 0 Å². The molecule has 3 unspecified atom stereocenters. The molecule has 2 heterocycles. The van der Waals surface area contributed by atoms with Crippen LogP contribution >= 0.6 is 0 Å². The van der Waals surface area contributed by atoms with Gasteiger partial charge in [0.2, 0.25) is 5.89 Å². The Bertz CT molecular complexity index is 1470. The summed E-state index contributed by atoms with van der Waals surface area (Å²) >= 11 is 0. The number of methoxy groups -OCH3 is 2. The molecule has 1 fully saturated rings. The number of ether oxygens (including phenoxy) is 4. The van der Waals surface area contributed by atoms with E-state index in [2.05, 4.69) is 10.2 Å². The molecule has 2 aliphatic rings. The highest BCUT2D eigenvalue weighted by Gasteiger charge is 2.68. The monoisotopic (exact) mass is 576 g/mol. The predicted molar refractivity (Wildman–Crippen MR) is 155 cm³/mol. The van der Waals surface area contributed by atoms with Crippen LogP contribution in [0.5, 0.6) is 23.0 Å². The maximum absolute atomic E-state index is 12.1. The Labute approximate surface area is 244 Å². The number of benzene rings is 3. The number of aliphatic hydroxyl groups excluding tert-OH is 1. The Hall–Kier alpha value is -4.32. The van der Waals surface area contributed by atoms with Crippen molar-refractivity contribution in [3.05, 3.63) is 89.8 Å². The number of anilines is 1. The fourth-order valence-corrected chi connectivity index (χ4v) is 5.62. The number of nitrogen functional groups attached to an aromatic ring is 1. The summed E-state index contributed by atoms with van der Waals surface area (Å²) in [6.45, 7) is 1.20. The van der Waals surface area contributed by atoms with Crippen LogP contribution in [0, 0.1) is 0 Å². The zero-order valence-corrected chi connectivity index (χ0v) is 24.0. The largest absolute Gasteiger partial charge is 0.497 e. The molecule has 42 heavy (non-hydrogen) atoms. The van der Waals surface area contributed by atoms with Crippen molar-refractivity contribution >= 4 is 6.01 Å². The molecule has 0 amide bonds. The Morgan fingerprint density at radius 1 is 0.929 bits per heavy atom. The van der Waals surface area contributed by atoms with Crippen molar-refractivity contribution in [3.63, 3.8) is 0 Å². The number of aliphatic hydroxyl groups is 2. The summed E-state index contributed by atoms with van der Waals surface area (Å²) in [6, 6.07) is 22.5. The topological polar surface area (TPSA) is 146 Å². The molecule has 1 aliphatic carbocycles. The van der Waals surface area contributed by atoms with Crippen LogP contribution in [-0.4, -0.2) is 79.0 Å². The normalized spacial score (nSPS) is 23.8. The number of hydrogen-bond donors (Lipinski definition) is 3. The average Bonchev–Trinajstić information content (AvgIpc) is 3.62. The second-order valence-electron chi connectivity index (χ2n) is 10.4. The van der Waals surface area contributed by atoms with Crippen LogP contribution in [0.3, 0.4) is 0 Å². The Morgan fingerprint density at radius 3 is 2.19 bits per heavy atom. The van der Waals surface area contributed by atoms with Crippen LogP contribution in [0.4, 0.5) is 6.01 Å². The molecule has 0 saturated heterocycles. The summed E-state index contributed by atoms with van der Waals surface area (Å²) in [5.74, 6) is 1.09. The maximum atomic E-state index is 12.1. The Morgan fingerprint density at radius 2 is 1.62 bits per heavy atom. The van der Waals surface area contributed by atoms with E-state index in [9.17, 15) is 10.2 Å². The number of aromatic nitrogens is 2. The van der Waals surface area contributed by atoms with E-state index in [1.807, 2.05) is 79.7 Å². The van der Waals surface area contributed by atoms with Gasteiger partial charge in [-0.15, -0.1) is 5.10 Å². The molecule has 1 aliphatic heterocycles. The molecular formula is C31H36N4O7. The lowest BCUT2D eigenvalue weighted by Crippen LogP contribution is -2.43. The number of likely N-dealkylation sites (N-methyl/N-ethyl adjacent to an activating group) is 1. The van der Waals surface area contributed by atoms with Crippen LogP contribution < -0.4 is 24.7 Å². The van der Waals surface area contributed by atoms with Gasteiger partial charge in [0.25, 0.3) is 0 Å². The van der Waals surface area contributed by atoms with Gasteiger partial charge in [0.1, 0.15) is 41.8 Å². The van der Waals surface area contributed by atoms with Crippen LogP contribution in [-0.2, 0) is 5.60 Å². The van der Waals surface area contributed by atoms with Crippen LogP contribution in [0.15, 0.2) is 77.2 Å². The third-order valence-corrected chi connectivity index (χ3v) is 7.56. The maximum Gasteiger partial charge on any atom is 0.312 e. The first-order valence-electron chi connectivity index (χ1n) is 13.6. The zero-order valence-electron chi connectivity index (χ0n) is 24.0. The third-order valence-electron chi connectivity index (χ3n) is 7.56. The fraction of sp³-hybridized carbons (Fsp3) is 0.355. The molecule has 11 nitrogen and oxygen atoms in total. The minimum Gasteiger partial charge on any atom is -0.497 e. The minimum atomic E-state index is -1.79. The lowest BCUT2D eigenvalue weighted by atomic mass is 9.86. The van der Waals surface area contributed by atoms with Crippen LogP contribution in [0.25, 0.3) is 0 Å². The molecule has 6 rings (SSSR count). The first kappa shape index (κ1) is 29.2. The second kappa shape index (κ2) is 12.3. The van der Waals surface area contributed by atoms with E-state index in [1.165, 1.54) is 7.11 Å². The van der Waals surface area contributed by atoms with E-state index >= 15 is 0 Å². The van der Waals surface area contributed by atoms with Gasteiger partial charge in [0.05, 0.1) is 25.7 Å².